The highest BCUT2D eigenvalue weighted by molar-refractivity contribution is 5.85. The van der Waals surface area contributed by atoms with Gasteiger partial charge in [0, 0.05) is 6.04 Å². The highest BCUT2D eigenvalue weighted by Gasteiger charge is 2.36. The van der Waals surface area contributed by atoms with Crippen molar-refractivity contribution < 1.29 is 0 Å². The van der Waals surface area contributed by atoms with Crippen molar-refractivity contribution >= 4 is 12.4 Å². The zero-order chi connectivity index (χ0) is 24.0. The number of halogens is 1. The van der Waals surface area contributed by atoms with Crippen LogP contribution in [-0.2, 0) is 0 Å². The van der Waals surface area contributed by atoms with E-state index in [2.05, 4.69) is 51.1 Å². The Balaban J connectivity index is 0.0000109. The van der Waals surface area contributed by atoms with Crippen LogP contribution in [0.5, 0.6) is 0 Å². The molecule has 1 nitrogen and oxygen atoms in total. The minimum Gasteiger partial charge on any atom is -0.323 e. The highest BCUT2D eigenvalue weighted by Crippen LogP contribution is 2.46. The maximum absolute atomic E-state index is 7.16. The predicted octanol–water partition coefficient (Wildman–Crippen LogP) is 11.3. The molecular formula is C32H60ClN. The lowest BCUT2D eigenvalue weighted by Crippen LogP contribution is -2.35. The summed E-state index contributed by atoms with van der Waals surface area (Å²) in [6.45, 7) is 6.93. The normalized spacial score (nSPS) is 12.5. The van der Waals surface area contributed by atoms with Gasteiger partial charge in [0.05, 0.1) is 0 Å². The van der Waals surface area contributed by atoms with Gasteiger partial charge in [0.2, 0.25) is 0 Å². The summed E-state index contributed by atoms with van der Waals surface area (Å²) >= 11 is 0. The molecule has 0 heterocycles. The van der Waals surface area contributed by atoms with Crippen LogP contribution in [0.25, 0.3) is 0 Å². The maximum Gasteiger partial charge on any atom is 0.0352 e. The van der Waals surface area contributed by atoms with Crippen molar-refractivity contribution in [1.29, 1.82) is 0 Å². The van der Waals surface area contributed by atoms with E-state index < -0.39 is 0 Å². The van der Waals surface area contributed by atoms with Gasteiger partial charge in [-0.15, -0.1) is 12.4 Å². The molecule has 0 bridgehead atoms. The zero-order valence-electron chi connectivity index (χ0n) is 23.3. The van der Waals surface area contributed by atoms with E-state index in [-0.39, 0.29) is 23.9 Å². The SMILES string of the molecule is CCCCCCCCC(CCCCCCCC)(CCCCCCCC)C(N)c1ccccc1.Cl. The molecule has 1 atom stereocenters. The molecule has 0 saturated carbocycles. The van der Waals surface area contributed by atoms with Crippen LogP contribution in [-0.4, -0.2) is 0 Å². The zero-order valence-corrected chi connectivity index (χ0v) is 24.1. The maximum atomic E-state index is 7.16. The third kappa shape index (κ3) is 14.8. The quantitative estimate of drug-likeness (QED) is 0.151. The summed E-state index contributed by atoms with van der Waals surface area (Å²) < 4.78 is 0. The molecule has 0 aliphatic heterocycles. The summed E-state index contributed by atoms with van der Waals surface area (Å²) in [5, 5.41) is 0. The number of rotatable bonds is 23. The van der Waals surface area contributed by atoms with Gasteiger partial charge in [-0.3, -0.25) is 0 Å². The monoisotopic (exact) mass is 493 g/mol. The molecule has 1 aromatic rings. The smallest absolute Gasteiger partial charge is 0.0352 e. The second kappa shape index (κ2) is 22.9. The molecule has 0 aliphatic carbocycles. The number of nitrogens with two attached hydrogens (primary N) is 1. The Morgan fingerprint density at radius 2 is 0.853 bits per heavy atom. The Labute approximate surface area is 220 Å². The van der Waals surface area contributed by atoms with Crippen molar-refractivity contribution in [3.8, 4) is 0 Å². The number of hydrogen-bond acceptors (Lipinski definition) is 1. The fourth-order valence-electron chi connectivity index (χ4n) is 5.63. The van der Waals surface area contributed by atoms with E-state index in [1.807, 2.05) is 0 Å². The van der Waals surface area contributed by atoms with Crippen LogP contribution in [0.3, 0.4) is 0 Å². The highest BCUT2D eigenvalue weighted by atomic mass is 35.5. The third-order valence-electron chi connectivity index (χ3n) is 7.90. The Bertz CT molecular complexity index is 488. The van der Waals surface area contributed by atoms with Crippen molar-refractivity contribution in [2.45, 2.75) is 162 Å². The molecule has 34 heavy (non-hydrogen) atoms. The molecule has 0 aromatic heterocycles. The van der Waals surface area contributed by atoms with Crippen molar-refractivity contribution in [3.05, 3.63) is 35.9 Å². The molecule has 1 aromatic carbocycles. The van der Waals surface area contributed by atoms with Crippen LogP contribution in [0.4, 0.5) is 0 Å². The van der Waals surface area contributed by atoms with Crippen LogP contribution < -0.4 is 5.73 Å². The lowest BCUT2D eigenvalue weighted by Gasteiger charge is -2.40. The largest absolute Gasteiger partial charge is 0.323 e. The predicted molar refractivity (Wildman–Crippen MR) is 157 cm³/mol. The molecule has 0 saturated heterocycles. The van der Waals surface area contributed by atoms with Gasteiger partial charge in [-0.25, -0.2) is 0 Å². The van der Waals surface area contributed by atoms with Gasteiger partial charge < -0.3 is 5.73 Å². The van der Waals surface area contributed by atoms with E-state index in [0.29, 0.717) is 0 Å². The Kier molecular flexibility index (Phi) is 22.5. The van der Waals surface area contributed by atoms with Crippen molar-refractivity contribution in [2.24, 2.45) is 11.1 Å². The Morgan fingerprint density at radius 1 is 0.529 bits per heavy atom. The number of unbranched alkanes of at least 4 members (excludes halogenated alkanes) is 15. The molecule has 1 rings (SSSR count). The molecular weight excluding hydrogens is 434 g/mol. The topological polar surface area (TPSA) is 26.0 Å². The lowest BCUT2D eigenvalue weighted by molar-refractivity contribution is 0.149. The van der Waals surface area contributed by atoms with Gasteiger partial charge in [0.1, 0.15) is 0 Å². The minimum absolute atomic E-state index is 0. The molecule has 2 N–H and O–H groups in total. The Morgan fingerprint density at radius 3 is 1.21 bits per heavy atom. The van der Waals surface area contributed by atoms with E-state index in [9.17, 15) is 0 Å². The van der Waals surface area contributed by atoms with Crippen LogP contribution >= 0.6 is 12.4 Å². The molecule has 200 valence electrons. The molecule has 0 spiro atoms. The summed E-state index contributed by atoms with van der Waals surface area (Å²) in [6, 6.07) is 11.2. The number of benzene rings is 1. The molecule has 0 fully saturated rings. The van der Waals surface area contributed by atoms with Crippen molar-refractivity contribution in [2.75, 3.05) is 0 Å². The third-order valence-corrected chi connectivity index (χ3v) is 7.90. The summed E-state index contributed by atoms with van der Waals surface area (Å²) in [5.41, 5.74) is 8.80. The van der Waals surface area contributed by atoms with Crippen LogP contribution in [0, 0.1) is 5.41 Å². The van der Waals surface area contributed by atoms with Crippen LogP contribution in [0.2, 0.25) is 0 Å². The first kappa shape index (κ1) is 33.5. The van der Waals surface area contributed by atoms with Gasteiger partial charge in [-0.05, 0) is 30.2 Å². The van der Waals surface area contributed by atoms with E-state index >= 15 is 0 Å². The van der Waals surface area contributed by atoms with Crippen molar-refractivity contribution in [1.82, 2.24) is 0 Å². The fourth-order valence-corrected chi connectivity index (χ4v) is 5.63. The van der Waals surface area contributed by atoms with Gasteiger partial charge in [-0.1, -0.05) is 167 Å². The number of hydrogen-bond donors (Lipinski definition) is 1. The summed E-state index contributed by atoms with van der Waals surface area (Å²) in [4.78, 5) is 0. The Hall–Kier alpha value is -0.530. The van der Waals surface area contributed by atoms with E-state index in [0.717, 1.165) is 0 Å². The summed E-state index contributed by atoms with van der Waals surface area (Å²) in [7, 11) is 0. The van der Waals surface area contributed by atoms with E-state index in [1.54, 1.807) is 0 Å². The van der Waals surface area contributed by atoms with Crippen molar-refractivity contribution in [3.63, 3.8) is 0 Å². The molecule has 0 aliphatic rings. The standard InChI is InChI=1S/C32H59N.ClH/c1-4-7-10-13-16-22-27-32(28-23-17-14-11-8-5-2,29-24-18-15-12-9-6-3)31(33)30-25-20-19-21-26-30;/h19-21,25-26,31H,4-18,22-24,27-29,33H2,1-3H3;1H. The van der Waals surface area contributed by atoms with Crippen LogP contribution in [0.1, 0.15) is 167 Å². The van der Waals surface area contributed by atoms with Gasteiger partial charge >= 0.3 is 0 Å². The second-order valence-electron chi connectivity index (χ2n) is 10.8. The summed E-state index contributed by atoms with van der Waals surface area (Å²) in [6.07, 6.45) is 28.8. The lowest BCUT2D eigenvalue weighted by atomic mass is 9.67. The first-order valence-electron chi connectivity index (χ1n) is 15.0. The summed E-state index contributed by atoms with van der Waals surface area (Å²) in [5.74, 6) is 0. The fraction of sp³-hybridized carbons (Fsp3) is 0.812. The minimum atomic E-state index is 0. The molecule has 0 radical (unpaired) electrons. The van der Waals surface area contributed by atoms with E-state index in [1.165, 1.54) is 140 Å². The van der Waals surface area contributed by atoms with Gasteiger partial charge in [0.25, 0.3) is 0 Å². The second-order valence-corrected chi connectivity index (χ2v) is 10.8. The first-order valence-corrected chi connectivity index (χ1v) is 15.0. The van der Waals surface area contributed by atoms with Crippen LogP contribution in [0.15, 0.2) is 30.3 Å². The molecule has 1 unspecified atom stereocenters. The molecule has 0 amide bonds. The molecule has 2 heteroatoms. The van der Waals surface area contributed by atoms with Gasteiger partial charge in [0.15, 0.2) is 0 Å². The average molecular weight is 494 g/mol. The first-order chi connectivity index (χ1) is 16.2. The van der Waals surface area contributed by atoms with Gasteiger partial charge in [-0.2, -0.15) is 0 Å². The average Bonchev–Trinajstić information content (AvgIpc) is 2.85. The van der Waals surface area contributed by atoms with E-state index in [4.69, 9.17) is 5.73 Å².